The zero-order valence-electron chi connectivity index (χ0n) is 15.8. The number of carbonyl (C=O) groups excluding carboxylic acids is 2. The molecule has 1 atom stereocenters. The van der Waals surface area contributed by atoms with Crippen molar-refractivity contribution in [3.8, 4) is 0 Å². The molecule has 0 radical (unpaired) electrons. The van der Waals surface area contributed by atoms with Gasteiger partial charge in [-0.25, -0.2) is 4.39 Å². The van der Waals surface area contributed by atoms with Crippen LogP contribution in [0.4, 0.5) is 10.1 Å². The molecule has 2 amide bonds. The molecule has 0 aliphatic carbocycles. The topological polar surface area (TPSA) is 43.9 Å². The van der Waals surface area contributed by atoms with Gasteiger partial charge in [-0.1, -0.05) is 30.3 Å². The van der Waals surface area contributed by atoms with Gasteiger partial charge in [0.1, 0.15) is 5.82 Å². The SMILES string of the molecule is O=C1CC(Cc2ccccc2)C(=O)N1CN1CCN(c2ccc(F)cc2)CC1. The smallest absolute Gasteiger partial charge is 0.234 e. The molecule has 5 nitrogen and oxygen atoms in total. The average molecular weight is 381 g/mol. The third-order valence-electron chi connectivity index (χ3n) is 5.57. The molecule has 0 aromatic heterocycles. The predicted molar refractivity (Wildman–Crippen MR) is 105 cm³/mol. The predicted octanol–water partition coefficient (Wildman–Crippen LogP) is 2.52. The highest BCUT2D eigenvalue weighted by atomic mass is 19.1. The Labute approximate surface area is 164 Å². The van der Waals surface area contributed by atoms with Crippen LogP contribution in [0.5, 0.6) is 0 Å². The molecule has 146 valence electrons. The Morgan fingerprint density at radius 1 is 0.893 bits per heavy atom. The summed E-state index contributed by atoms with van der Waals surface area (Å²) in [7, 11) is 0. The van der Waals surface area contributed by atoms with Crippen LogP contribution in [-0.2, 0) is 16.0 Å². The van der Waals surface area contributed by atoms with Crippen LogP contribution in [-0.4, -0.2) is 54.5 Å². The normalized spacial score (nSPS) is 20.8. The maximum Gasteiger partial charge on any atom is 0.234 e. The van der Waals surface area contributed by atoms with Gasteiger partial charge in [0.05, 0.1) is 12.6 Å². The number of halogens is 1. The molecule has 0 saturated carbocycles. The summed E-state index contributed by atoms with van der Waals surface area (Å²) in [5.41, 5.74) is 2.08. The van der Waals surface area contributed by atoms with E-state index in [2.05, 4.69) is 9.80 Å². The lowest BCUT2D eigenvalue weighted by molar-refractivity contribution is -0.141. The molecule has 0 bridgehead atoms. The molecule has 0 spiro atoms. The minimum absolute atomic E-state index is 0.0604. The lowest BCUT2D eigenvalue weighted by Gasteiger charge is -2.37. The Bertz CT molecular complexity index is 833. The Morgan fingerprint density at radius 2 is 1.57 bits per heavy atom. The van der Waals surface area contributed by atoms with Gasteiger partial charge in [-0.15, -0.1) is 0 Å². The zero-order valence-corrected chi connectivity index (χ0v) is 15.8. The minimum atomic E-state index is -0.254. The van der Waals surface area contributed by atoms with E-state index >= 15 is 0 Å². The van der Waals surface area contributed by atoms with Crippen molar-refractivity contribution in [2.75, 3.05) is 37.7 Å². The summed E-state index contributed by atoms with van der Waals surface area (Å²) in [6, 6.07) is 16.3. The van der Waals surface area contributed by atoms with E-state index < -0.39 is 0 Å². The number of carbonyl (C=O) groups is 2. The molecule has 2 aromatic carbocycles. The number of nitrogens with zero attached hydrogens (tertiary/aromatic N) is 3. The van der Waals surface area contributed by atoms with Crippen LogP contribution in [0.2, 0.25) is 0 Å². The number of amides is 2. The number of piperazine rings is 1. The molecule has 2 aliphatic heterocycles. The fourth-order valence-electron chi connectivity index (χ4n) is 3.96. The summed E-state index contributed by atoms with van der Waals surface area (Å²) >= 11 is 0. The number of likely N-dealkylation sites (tertiary alicyclic amines) is 1. The van der Waals surface area contributed by atoms with E-state index in [4.69, 9.17) is 0 Å². The van der Waals surface area contributed by atoms with Crippen LogP contribution in [0.1, 0.15) is 12.0 Å². The monoisotopic (exact) mass is 381 g/mol. The Balaban J connectivity index is 1.31. The van der Waals surface area contributed by atoms with Crippen molar-refractivity contribution in [1.82, 2.24) is 9.80 Å². The van der Waals surface area contributed by atoms with Crippen molar-refractivity contribution in [3.05, 3.63) is 66.0 Å². The number of imide groups is 1. The van der Waals surface area contributed by atoms with Gasteiger partial charge in [-0.3, -0.25) is 19.4 Å². The fraction of sp³-hybridized carbons (Fsp3) is 0.364. The molecule has 2 aromatic rings. The van der Waals surface area contributed by atoms with Gasteiger partial charge in [0, 0.05) is 38.3 Å². The van der Waals surface area contributed by atoms with Crippen molar-refractivity contribution in [2.24, 2.45) is 5.92 Å². The molecule has 6 heteroatoms. The second kappa shape index (κ2) is 8.10. The lowest BCUT2D eigenvalue weighted by atomic mass is 9.98. The summed E-state index contributed by atoms with van der Waals surface area (Å²) in [6.45, 7) is 3.46. The van der Waals surface area contributed by atoms with E-state index in [9.17, 15) is 14.0 Å². The molecular weight excluding hydrogens is 357 g/mol. The number of rotatable bonds is 5. The van der Waals surface area contributed by atoms with Crippen molar-refractivity contribution < 1.29 is 14.0 Å². The van der Waals surface area contributed by atoms with E-state index in [0.717, 1.165) is 37.4 Å². The molecule has 2 saturated heterocycles. The average Bonchev–Trinajstić information content (AvgIpc) is 2.97. The van der Waals surface area contributed by atoms with Gasteiger partial charge in [-0.05, 0) is 36.2 Å². The third kappa shape index (κ3) is 4.07. The van der Waals surface area contributed by atoms with E-state index in [0.29, 0.717) is 19.5 Å². The van der Waals surface area contributed by atoms with Gasteiger partial charge in [0.25, 0.3) is 0 Å². The first-order chi connectivity index (χ1) is 13.6. The lowest BCUT2D eigenvalue weighted by Crippen LogP contribution is -2.51. The largest absolute Gasteiger partial charge is 0.369 e. The first kappa shape index (κ1) is 18.6. The van der Waals surface area contributed by atoms with E-state index in [-0.39, 0.29) is 23.5 Å². The standard InChI is InChI=1S/C22H24FN3O2/c23-19-6-8-20(9-7-19)25-12-10-24(11-13-25)16-26-21(27)15-18(22(26)28)14-17-4-2-1-3-5-17/h1-9,18H,10-16H2. The second-order valence-electron chi connectivity index (χ2n) is 7.47. The van der Waals surface area contributed by atoms with E-state index in [1.54, 1.807) is 12.1 Å². The van der Waals surface area contributed by atoms with Gasteiger partial charge in [0.15, 0.2) is 0 Å². The molecule has 28 heavy (non-hydrogen) atoms. The Morgan fingerprint density at radius 3 is 2.25 bits per heavy atom. The van der Waals surface area contributed by atoms with Crippen LogP contribution < -0.4 is 4.90 Å². The number of hydrogen-bond acceptors (Lipinski definition) is 4. The molecule has 2 heterocycles. The third-order valence-corrected chi connectivity index (χ3v) is 5.57. The number of benzene rings is 2. The highest BCUT2D eigenvalue weighted by Crippen LogP contribution is 2.24. The van der Waals surface area contributed by atoms with E-state index in [1.165, 1.54) is 17.0 Å². The molecule has 4 rings (SSSR count). The van der Waals surface area contributed by atoms with Crippen molar-refractivity contribution in [2.45, 2.75) is 12.8 Å². The second-order valence-corrected chi connectivity index (χ2v) is 7.47. The quantitative estimate of drug-likeness (QED) is 0.747. The highest BCUT2D eigenvalue weighted by Gasteiger charge is 2.39. The highest BCUT2D eigenvalue weighted by molar-refractivity contribution is 6.03. The van der Waals surface area contributed by atoms with Crippen molar-refractivity contribution in [1.29, 1.82) is 0 Å². The Hall–Kier alpha value is -2.73. The molecule has 2 fully saturated rings. The molecule has 2 aliphatic rings. The first-order valence-electron chi connectivity index (χ1n) is 9.71. The van der Waals surface area contributed by atoms with Crippen LogP contribution in [0.25, 0.3) is 0 Å². The molecule has 1 unspecified atom stereocenters. The van der Waals surface area contributed by atoms with Gasteiger partial charge in [0.2, 0.25) is 11.8 Å². The summed E-state index contributed by atoms with van der Waals surface area (Å²) in [4.78, 5) is 30.9. The maximum atomic E-state index is 13.1. The van der Waals surface area contributed by atoms with Gasteiger partial charge >= 0.3 is 0 Å². The summed E-state index contributed by atoms with van der Waals surface area (Å²) in [5, 5.41) is 0. The van der Waals surface area contributed by atoms with Crippen LogP contribution >= 0.6 is 0 Å². The number of hydrogen-bond donors (Lipinski definition) is 0. The maximum absolute atomic E-state index is 13.1. The summed E-state index contributed by atoms with van der Waals surface area (Å²) in [5.74, 6) is -0.629. The fourth-order valence-corrected chi connectivity index (χ4v) is 3.96. The van der Waals surface area contributed by atoms with Crippen LogP contribution in [0.15, 0.2) is 54.6 Å². The van der Waals surface area contributed by atoms with Gasteiger partial charge in [-0.2, -0.15) is 0 Å². The Kier molecular flexibility index (Phi) is 5.39. The van der Waals surface area contributed by atoms with Crippen molar-refractivity contribution >= 4 is 17.5 Å². The molecular formula is C22H24FN3O2. The first-order valence-corrected chi connectivity index (χ1v) is 9.71. The zero-order chi connectivity index (χ0) is 19.5. The van der Waals surface area contributed by atoms with E-state index in [1.807, 2.05) is 30.3 Å². The minimum Gasteiger partial charge on any atom is -0.369 e. The molecule has 0 N–H and O–H groups in total. The van der Waals surface area contributed by atoms with Crippen LogP contribution in [0.3, 0.4) is 0 Å². The summed E-state index contributed by atoms with van der Waals surface area (Å²) < 4.78 is 13.1. The number of anilines is 1. The van der Waals surface area contributed by atoms with Crippen molar-refractivity contribution in [3.63, 3.8) is 0 Å². The summed E-state index contributed by atoms with van der Waals surface area (Å²) in [6.07, 6.45) is 0.906. The van der Waals surface area contributed by atoms with Gasteiger partial charge < -0.3 is 4.90 Å². The van der Waals surface area contributed by atoms with Crippen LogP contribution in [0, 0.1) is 11.7 Å².